The molecule has 1 heterocycles. The van der Waals surface area contributed by atoms with Crippen LogP contribution in [0.15, 0.2) is 6.08 Å². The predicted molar refractivity (Wildman–Crippen MR) is 72.4 cm³/mol. The second-order valence-corrected chi connectivity index (χ2v) is 2.91. The minimum Gasteiger partial charge on any atom is -0.359 e. The predicted octanol–water partition coefficient (Wildman–Crippen LogP) is 5.03. The highest BCUT2D eigenvalue weighted by Crippen LogP contribution is 2.16. The number of aromatic nitrogens is 1. The third-order valence-electron chi connectivity index (χ3n) is 2.18. The zero-order valence-corrected chi connectivity index (χ0v) is 11.7. The third-order valence-corrected chi connectivity index (χ3v) is 2.18. The molecule has 0 saturated carbocycles. The fraction of sp³-hybridized carbons (Fsp3) is 0.571. The Morgan fingerprint density at radius 1 is 0.867 bits per heavy atom. The van der Waals surface area contributed by atoms with Gasteiger partial charge in [0.1, 0.15) is 0 Å². The van der Waals surface area contributed by atoms with E-state index in [2.05, 4.69) is 37.9 Å². The van der Waals surface area contributed by atoms with Crippen molar-refractivity contribution in [3.05, 3.63) is 28.6 Å². The SMILES string of the molecule is C/C=C\c1[nH]c(C)c(C)c1C.CC.CC. The summed E-state index contributed by atoms with van der Waals surface area (Å²) in [5, 5.41) is 0. The van der Waals surface area contributed by atoms with Crippen LogP contribution in [-0.4, -0.2) is 4.98 Å². The molecule has 0 unspecified atom stereocenters. The first-order valence-electron chi connectivity index (χ1n) is 5.95. The van der Waals surface area contributed by atoms with Gasteiger partial charge in [0.25, 0.3) is 0 Å². The molecule has 1 aromatic rings. The average molecular weight is 209 g/mol. The van der Waals surface area contributed by atoms with Crippen molar-refractivity contribution in [1.29, 1.82) is 0 Å². The zero-order valence-electron chi connectivity index (χ0n) is 11.7. The Morgan fingerprint density at radius 3 is 1.60 bits per heavy atom. The Kier molecular flexibility index (Phi) is 10.5. The molecule has 1 rings (SSSR count). The highest BCUT2D eigenvalue weighted by Gasteiger charge is 2.03. The monoisotopic (exact) mass is 209 g/mol. The maximum absolute atomic E-state index is 3.33. The largest absolute Gasteiger partial charge is 0.359 e. The summed E-state index contributed by atoms with van der Waals surface area (Å²) in [4.78, 5) is 3.33. The van der Waals surface area contributed by atoms with E-state index in [1.165, 1.54) is 22.5 Å². The van der Waals surface area contributed by atoms with Crippen molar-refractivity contribution >= 4 is 6.08 Å². The van der Waals surface area contributed by atoms with Crippen molar-refractivity contribution in [2.45, 2.75) is 55.4 Å². The zero-order chi connectivity index (χ0) is 12.4. The van der Waals surface area contributed by atoms with Crippen LogP contribution in [0.3, 0.4) is 0 Å². The van der Waals surface area contributed by atoms with E-state index in [0.717, 1.165) is 0 Å². The number of allylic oxidation sites excluding steroid dienone is 1. The summed E-state index contributed by atoms with van der Waals surface area (Å²) in [5.74, 6) is 0. The third kappa shape index (κ3) is 4.87. The second kappa shape index (κ2) is 9.57. The summed E-state index contributed by atoms with van der Waals surface area (Å²) in [5.41, 5.74) is 5.25. The lowest BCUT2D eigenvalue weighted by atomic mass is 10.1. The quantitative estimate of drug-likeness (QED) is 0.668. The molecule has 0 aliphatic rings. The molecular formula is C14H27N. The Hall–Kier alpha value is -0.980. The Labute approximate surface area is 95.6 Å². The molecule has 1 heteroatoms. The molecule has 0 radical (unpaired) electrons. The van der Waals surface area contributed by atoms with E-state index in [1.807, 2.05) is 34.6 Å². The van der Waals surface area contributed by atoms with Crippen molar-refractivity contribution in [3.63, 3.8) is 0 Å². The van der Waals surface area contributed by atoms with Gasteiger partial charge in [-0.1, -0.05) is 33.8 Å². The van der Waals surface area contributed by atoms with E-state index in [-0.39, 0.29) is 0 Å². The summed E-state index contributed by atoms with van der Waals surface area (Å²) >= 11 is 0. The molecule has 0 fully saturated rings. The topological polar surface area (TPSA) is 15.8 Å². The van der Waals surface area contributed by atoms with E-state index in [1.54, 1.807) is 0 Å². The number of hydrogen-bond donors (Lipinski definition) is 1. The number of aryl methyl sites for hydroxylation is 1. The molecule has 0 spiro atoms. The van der Waals surface area contributed by atoms with Gasteiger partial charge in [-0.05, 0) is 44.9 Å². The van der Waals surface area contributed by atoms with Gasteiger partial charge in [0, 0.05) is 11.4 Å². The highest BCUT2D eigenvalue weighted by molar-refractivity contribution is 5.53. The van der Waals surface area contributed by atoms with E-state index in [9.17, 15) is 0 Å². The van der Waals surface area contributed by atoms with Gasteiger partial charge >= 0.3 is 0 Å². The molecule has 1 aromatic heterocycles. The number of H-pyrrole nitrogens is 1. The number of aromatic amines is 1. The summed E-state index contributed by atoms with van der Waals surface area (Å²) in [6, 6.07) is 0. The summed E-state index contributed by atoms with van der Waals surface area (Å²) in [6.07, 6.45) is 4.16. The molecule has 88 valence electrons. The smallest absolute Gasteiger partial charge is 0.0411 e. The van der Waals surface area contributed by atoms with Crippen LogP contribution in [0.4, 0.5) is 0 Å². The molecule has 0 aliphatic carbocycles. The maximum atomic E-state index is 3.33. The molecule has 0 aliphatic heterocycles. The first-order valence-corrected chi connectivity index (χ1v) is 5.95. The molecule has 0 atom stereocenters. The van der Waals surface area contributed by atoms with Gasteiger partial charge in [-0.25, -0.2) is 0 Å². The van der Waals surface area contributed by atoms with Crippen LogP contribution in [0.25, 0.3) is 6.08 Å². The van der Waals surface area contributed by atoms with Crippen LogP contribution >= 0.6 is 0 Å². The summed E-state index contributed by atoms with van der Waals surface area (Å²) in [7, 11) is 0. The normalized spacial score (nSPS) is 9.07. The van der Waals surface area contributed by atoms with Crippen molar-refractivity contribution in [1.82, 2.24) is 4.98 Å². The first-order chi connectivity index (χ1) is 7.16. The fourth-order valence-electron chi connectivity index (χ4n) is 1.21. The van der Waals surface area contributed by atoms with Gasteiger partial charge < -0.3 is 4.98 Å². The molecule has 15 heavy (non-hydrogen) atoms. The minimum atomic E-state index is 1.24. The molecular weight excluding hydrogens is 182 g/mol. The Balaban J connectivity index is 0. The lowest BCUT2D eigenvalue weighted by molar-refractivity contribution is 1.22. The van der Waals surface area contributed by atoms with E-state index < -0.39 is 0 Å². The van der Waals surface area contributed by atoms with Gasteiger partial charge in [-0.2, -0.15) is 0 Å². The van der Waals surface area contributed by atoms with Gasteiger partial charge in [-0.3, -0.25) is 0 Å². The van der Waals surface area contributed by atoms with Crippen molar-refractivity contribution in [3.8, 4) is 0 Å². The fourth-order valence-corrected chi connectivity index (χ4v) is 1.21. The second-order valence-electron chi connectivity index (χ2n) is 2.91. The van der Waals surface area contributed by atoms with E-state index in [0.29, 0.717) is 0 Å². The van der Waals surface area contributed by atoms with Gasteiger partial charge in [0.15, 0.2) is 0 Å². The number of rotatable bonds is 1. The molecule has 0 saturated heterocycles. The van der Waals surface area contributed by atoms with Crippen LogP contribution < -0.4 is 0 Å². The van der Waals surface area contributed by atoms with Gasteiger partial charge in [-0.15, -0.1) is 0 Å². The summed E-state index contributed by atoms with van der Waals surface area (Å²) in [6.45, 7) is 16.4. The Bertz CT molecular complexity index is 280. The van der Waals surface area contributed by atoms with E-state index >= 15 is 0 Å². The van der Waals surface area contributed by atoms with E-state index in [4.69, 9.17) is 0 Å². The van der Waals surface area contributed by atoms with Crippen LogP contribution in [0.1, 0.15) is 57.1 Å². The maximum Gasteiger partial charge on any atom is 0.0411 e. The van der Waals surface area contributed by atoms with Crippen LogP contribution in [0.2, 0.25) is 0 Å². The lowest BCUT2D eigenvalue weighted by Crippen LogP contribution is -1.74. The molecule has 0 bridgehead atoms. The standard InChI is InChI=1S/C10H15N.2C2H6/c1-5-6-10-8(3)7(2)9(4)11-10;2*1-2/h5-6,11H,1-4H3;2*1-2H3/b6-5-;;. The van der Waals surface area contributed by atoms with Crippen LogP contribution in [0.5, 0.6) is 0 Å². The molecule has 0 amide bonds. The highest BCUT2D eigenvalue weighted by atomic mass is 14.7. The van der Waals surface area contributed by atoms with Gasteiger partial charge in [0.2, 0.25) is 0 Å². The first kappa shape index (κ1) is 16.4. The number of nitrogens with one attached hydrogen (secondary N) is 1. The van der Waals surface area contributed by atoms with Crippen molar-refractivity contribution < 1.29 is 0 Å². The number of hydrogen-bond acceptors (Lipinski definition) is 0. The molecule has 1 N–H and O–H groups in total. The average Bonchev–Trinajstić information content (AvgIpc) is 2.53. The van der Waals surface area contributed by atoms with Crippen molar-refractivity contribution in [2.24, 2.45) is 0 Å². The van der Waals surface area contributed by atoms with Crippen molar-refractivity contribution in [2.75, 3.05) is 0 Å². The molecule has 1 nitrogen and oxygen atoms in total. The summed E-state index contributed by atoms with van der Waals surface area (Å²) < 4.78 is 0. The van der Waals surface area contributed by atoms with Crippen LogP contribution in [0, 0.1) is 20.8 Å². The van der Waals surface area contributed by atoms with Gasteiger partial charge in [0.05, 0.1) is 0 Å². The Morgan fingerprint density at radius 2 is 1.33 bits per heavy atom. The minimum absolute atomic E-state index is 1.24. The lowest BCUT2D eigenvalue weighted by Gasteiger charge is -1.90. The molecule has 0 aromatic carbocycles. The van der Waals surface area contributed by atoms with Crippen LogP contribution in [-0.2, 0) is 0 Å².